The van der Waals surface area contributed by atoms with E-state index in [-0.39, 0.29) is 0 Å². The minimum Gasteiger partial charge on any atom is -0.496 e. The molecule has 1 aromatic carbocycles. The van der Waals surface area contributed by atoms with Gasteiger partial charge in [-0.05, 0) is 30.3 Å². The molecular weight excluding hydrogens is 318 g/mol. The number of rotatable bonds is 3. The number of benzene rings is 1. The predicted octanol–water partition coefficient (Wildman–Crippen LogP) is 3.11. The summed E-state index contributed by atoms with van der Waals surface area (Å²) in [5, 5.41) is 12.4. The van der Waals surface area contributed by atoms with Crippen molar-refractivity contribution in [3.63, 3.8) is 0 Å². The second kappa shape index (κ2) is 5.36. The van der Waals surface area contributed by atoms with E-state index in [1.807, 2.05) is 18.3 Å². The van der Waals surface area contributed by atoms with Gasteiger partial charge in [0.1, 0.15) is 12.1 Å². The summed E-state index contributed by atoms with van der Waals surface area (Å²) in [6.45, 7) is 0. The van der Waals surface area contributed by atoms with Crippen LogP contribution in [0.25, 0.3) is 28.5 Å². The molecule has 0 aliphatic rings. The first-order valence-electron chi connectivity index (χ1n) is 6.72. The van der Waals surface area contributed by atoms with E-state index in [2.05, 4.69) is 20.3 Å². The molecule has 7 nitrogen and oxygen atoms in total. The molecule has 3 aromatic heterocycles. The van der Waals surface area contributed by atoms with Crippen LogP contribution in [0.4, 0.5) is 0 Å². The Morgan fingerprint density at radius 2 is 2.13 bits per heavy atom. The zero-order chi connectivity index (χ0) is 15.8. The fourth-order valence-corrected chi connectivity index (χ4v) is 2.41. The van der Waals surface area contributed by atoms with Crippen LogP contribution in [0.5, 0.6) is 5.75 Å². The standard InChI is InChI=1S/C15H10ClN5O2/c1-22-12-6-10(16)3-4-11(12)15-18-14(20-23-15)9-2-5-13-19-17-8-21(13)7-9/h2-8H,1H3. The topological polar surface area (TPSA) is 78.3 Å². The van der Waals surface area contributed by atoms with Crippen LogP contribution >= 0.6 is 11.6 Å². The van der Waals surface area contributed by atoms with Gasteiger partial charge in [-0.15, -0.1) is 10.2 Å². The number of ether oxygens (including phenoxy) is 1. The highest BCUT2D eigenvalue weighted by Crippen LogP contribution is 2.32. The molecule has 0 saturated heterocycles. The molecule has 23 heavy (non-hydrogen) atoms. The molecule has 8 heteroatoms. The Balaban J connectivity index is 1.76. The van der Waals surface area contributed by atoms with E-state index in [1.54, 1.807) is 36.0 Å². The third-order valence-corrected chi connectivity index (χ3v) is 3.60. The average molecular weight is 328 g/mol. The van der Waals surface area contributed by atoms with Crippen LogP contribution in [0.2, 0.25) is 5.02 Å². The van der Waals surface area contributed by atoms with Crippen LogP contribution < -0.4 is 4.74 Å². The molecule has 114 valence electrons. The van der Waals surface area contributed by atoms with Gasteiger partial charge in [0.2, 0.25) is 5.82 Å². The Morgan fingerprint density at radius 3 is 3.00 bits per heavy atom. The van der Waals surface area contributed by atoms with E-state index in [1.165, 1.54) is 0 Å². The van der Waals surface area contributed by atoms with Gasteiger partial charge in [0.05, 0.1) is 12.7 Å². The maximum Gasteiger partial charge on any atom is 0.262 e. The van der Waals surface area contributed by atoms with Gasteiger partial charge < -0.3 is 9.26 Å². The zero-order valence-corrected chi connectivity index (χ0v) is 12.7. The molecule has 0 bridgehead atoms. The molecular formula is C15H10ClN5O2. The molecule has 0 saturated carbocycles. The summed E-state index contributed by atoms with van der Waals surface area (Å²) in [6.07, 6.45) is 3.45. The number of pyridine rings is 1. The second-order valence-electron chi connectivity index (χ2n) is 4.78. The maximum absolute atomic E-state index is 5.97. The summed E-state index contributed by atoms with van der Waals surface area (Å²) in [6, 6.07) is 8.91. The van der Waals surface area contributed by atoms with Crippen molar-refractivity contribution in [2.75, 3.05) is 7.11 Å². The first kappa shape index (κ1) is 13.7. The van der Waals surface area contributed by atoms with Gasteiger partial charge in [-0.3, -0.25) is 4.40 Å². The van der Waals surface area contributed by atoms with E-state index in [0.717, 1.165) is 11.2 Å². The number of fused-ring (bicyclic) bond motifs is 1. The van der Waals surface area contributed by atoms with E-state index < -0.39 is 0 Å². The molecule has 0 aliphatic carbocycles. The van der Waals surface area contributed by atoms with Crippen molar-refractivity contribution in [3.05, 3.63) is 47.9 Å². The Kier molecular flexibility index (Phi) is 3.20. The van der Waals surface area contributed by atoms with Crippen LogP contribution in [-0.2, 0) is 0 Å². The van der Waals surface area contributed by atoms with Gasteiger partial charge in [-0.2, -0.15) is 4.98 Å². The smallest absolute Gasteiger partial charge is 0.262 e. The van der Waals surface area contributed by atoms with Crippen molar-refractivity contribution >= 4 is 17.2 Å². The van der Waals surface area contributed by atoms with Crippen LogP contribution in [0.15, 0.2) is 47.4 Å². The number of halogens is 1. The summed E-state index contributed by atoms with van der Waals surface area (Å²) < 4.78 is 12.5. The molecule has 0 radical (unpaired) electrons. The predicted molar refractivity (Wildman–Crippen MR) is 83.3 cm³/mol. The second-order valence-corrected chi connectivity index (χ2v) is 5.22. The monoisotopic (exact) mass is 327 g/mol. The first-order chi connectivity index (χ1) is 11.2. The Labute approximate surface area is 135 Å². The SMILES string of the molecule is COc1cc(Cl)ccc1-c1nc(-c2ccc3nncn3c2)no1. The lowest BCUT2D eigenvalue weighted by Gasteiger charge is -2.04. The van der Waals surface area contributed by atoms with Gasteiger partial charge in [-0.25, -0.2) is 0 Å². The van der Waals surface area contributed by atoms with E-state index in [9.17, 15) is 0 Å². The third-order valence-electron chi connectivity index (χ3n) is 3.37. The fraction of sp³-hybridized carbons (Fsp3) is 0.0667. The van der Waals surface area contributed by atoms with Crippen molar-refractivity contribution in [1.29, 1.82) is 0 Å². The molecule has 4 aromatic rings. The Bertz CT molecular complexity index is 994. The summed E-state index contributed by atoms with van der Waals surface area (Å²) in [7, 11) is 1.56. The number of hydrogen-bond acceptors (Lipinski definition) is 6. The van der Waals surface area contributed by atoms with Crippen LogP contribution in [0.3, 0.4) is 0 Å². The molecule has 0 fully saturated rings. The lowest BCUT2D eigenvalue weighted by Crippen LogP contribution is -1.89. The van der Waals surface area contributed by atoms with Crippen LogP contribution in [0, 0.1) is 0 Å². The van der Waals surface area contributed by atoms with E-state index in [4.69, 9.17) is 20.9 Å². The summed E-state index contributed by atoms with van der Waals surface area (Å²) in [5.41, 5.74) is 2.22. The van der Waals surface area contributed by atoms with Crippen molar-refractivity contribution in [1.82, 2.24) is 24.7 Å². The Hall–Kier alpha value is -2.93. The van der Waals surface area contributed by atoms with Gasteiger partial charge in [-0.1, -0.05) is 16.8 Å². The van der Waals surface area contributed by atoms with Crippen molar-refractivity contribution < 1.29 is 9.26 Å². The molecule has 0 atom stereocenters. The molecule has 0 aliphatic heterocycles. The molecule has 3 heterocycles. The zero-order valence-electron chi connectivity index (χ0n) is 12.0. The number of hydrogen-bond donors (Lipinski definition) is 0. The maximum atomic E-state index is 5.97. The highest BCUT2D eigenvalue weighted by molar-refractivity contribution is 6.30. The summed E-state index contributed by atoms with van der Waals surface area (Å²) >= 11 is 5.97. The van der Waals surface area contributed by atoms with E-state index in [0.29, 0.717) is 28.1 Å². The largest absolute Gasteiger partial charge is 0.496 e. The van der Waals surface area contributed by atoms with Crippen molar-refractivity contribution in [2.45, 2.75) is 0 Å². The van der Waals surface area contributed by atoms with E-state index >= 15 is 0 Å². The molecule has 0 amide bonds. The van der Waals surface area contributed by atoms with Crippen LogP contribution in [0.1, 0.15) is 0 Å². The Morgan fingerprint density at radius 1 is 1.22 bits per heavy atom. The number of aromatic nitrogens is 5. The van der Waals surface area contributed by atoms with Crippen molar-refractivity contribution in [3.8, 4) is 28.6 Å². The number of nitrogens with zero attached hydrogens (tertiary/aromatic N) is 5. The molecule has 0 unspecified atom stereocenters. The first-order valence-corrected chi connectivity index (χ1v) is 7.10. The third kappa shape index (κ3) is 2.40. The van der Waals surface area contributed by atoms with Gasteiger partial charge >= 0.3 is 0 Å². The quantitative estimate of drug-likeness (QED) is 0.575. The van der Waals surface area contributed by atoms with Gasteiger partial charge in [0.25, 0.3) is 5.89 Å². The molecule has 0 spiro atoms. The van der Waals surface area contributed by atoms with Crippen LogP contribution in [-0.4, -0.2) is 31.8 Å². The van der Waals surface area contributed by atoms with Crippen molar-refractivity contribution in [2.24, 2.45) is 0 Å². The summed E-state index contributed by atoms with van der Waals surface area (Å²) in [4.78, 5) is 4.43. The highest BCUT2D eigenvalue weighted by atomic mass is 35.5. The molecule has 0 N–H and O–H groups in total. The average Bonchev–Trinajstić information content (AvgIpc) is 3.23. The van der Waals surface area contributed by atoms with Gasteiger partial charge in [0, 0.05) is 16.8 Å². The minimum atomic E-state index is 0.359. The normalized spacial score (nSPS) is 11.0. The molecule has 4 rings (SSSR count). The number of methoxy groups -OCH3 is 1. The minimum absolute atomic E-state index is 0.359. The highest BCUT2D eigenvalue weighted by Gasteiger charge is 2.15. The summed E-state index contributed by atoms with van der Waals surface area (Å²) in [5.74, 6) is 1.40. The van der Waals surface area contributed by atoms with Gasteiger partial charge in [0.15, 0.2) is 5.65 Å². The lowest BCUT2D eigenvalue weighted by molar-refractivity contribution is 0.405. The fourth-order valence-electron chi connectivity index (χ4n) is 2.25. The lowest BCUT2D eigenvalue weighted by atomic mass is 10.2.